The second-order valence-corrected chi connectivity index (χ2v) is 8.77. The van der Waals surface area contributed by atoms with E-state index in [1.54, 1.807) is 0 Å². The zero-order chi connectivity index (χ0) is 22.1. The standard InChI is InChI=1S/C29H25NO2/c1-21-27(31)26-10-6-5-7-23(26)14-11-22-12-15-24(16-13-22)28(32)30-19-17-29(21,18-20-30)25-8-3-2-4-9-25/h2-10,12-13,15-16,21H,17-20H2,1H3. The maximum atomic E-state index is 13.9. The highest BCUT2D eigenvalue weighted by Gasteiger charge is 2.45. The van der Waals surface area contributed by atoms with Crippen molar-refractivity contribution < 1.29 is 9.59 Å². The van der Waals surface area contributed by atoms with Gasteiger partial charge in [0.25, 0.3) is 5.91 Å². The van der Waals surface area contributed by atoms with Crippen molar-refractivity contribution in [3.8, 4) is 11.8 Å². The van der Waals surface area contributed by atoms with Crippen LogP contribution in [0.2, 0.25) is 0 Å². The highest BCUT2D eigenvalue weighted by atomic mass is 16.2. The lowest BCUT2D eigenvalue weighted by atomic mass is 9.63. The third-order valence-electron chi connectivity index (χ3n) is 7.18. The molecular weight excluding hydrogens is 394 g/mol. The molecule has 3 nitrogen and oxygen atoms in total. The van der Waals surface area contributed by atoms with Crippen LogP contribution < -0.4 is 0 Å². The quantitative estimate of drug-likeness (QED) is 0.515. The van der Waals surface area contributed by atoms with E-state index in [1.165, 1.54) is 5.56 Å². The second-order valence-electron chi connectivity index (χ2n) is 8.77. The van der Waals surface area contributed by atoms with Gasteiger partial charge in [0.05, 0.1) is 0 Å². The molecule has 0 saturated carbocycles. The third kappa shape index (κ3) is 3.42. The van der Waals surface area contributed by atoms with E-state index in [-0.39, 0.29) is 23.0 Å². The van der Waals surface area contributed by atoms with Crippen molar-refractivity contribution in [3.63, 3.8) is 0 Å². The van der Waals surface area contributed by atoms with Crippen LogP contribution in [-0.4, -0.2) is 29.7 Å². The van der Waals surface area contributed by atoms with Gasteiger partial charge >= 0.3 is 0 Å². The molecule has 4 aliphatic heterocycles. The fourth-order valence-electron chi connectivity index (χ4n) is 5.16. The fourth-order valence-corrected chi connectivity index (χ4v) is 5.16. The van der Waals surface area contributed by atoms with Crippen LogP contribution >= 0.6 is 0 Å². The summed E-state index contributed by atoms with van der Waals surface area (Å²) in [5.74, 6) is 6.29. The van der Waals surface area contributed by atoms with Gasteiger partial charge in [0, 0.05) is 46.7 Å². The Balaban J connectivity index is 1.68. The first kappa shape index (κ1) is 20.3. The molecule has 3 aromatic carbocycles. The van der Waals surface area contributed by atoms with E-state index in [1.807, 2.05) is 78.6 Å². The monoisotopic (exact) mass is 419 g/mol. The first-order chi connectivity index (χ1) is 15.6. The summed E-state index contributed by atoms with van der Waals surface area (Å²) in [4.78, 5) is 28.9. The summed E-state index contributed by atoms with van der Waals surface area (Å²) in [5, 5.41) is 0. The number of ketones is 1. The SMILES string of the molecule is CC1C(=O)c2ccccc2C#Cc2ccc(cc2)C(=O)N2CCC1(c1ccccc1)CC2. The minimum atomic E-state index is -0.320. The molecule has 0 spiro atoms. The van der Waals surface area contributed by atoms with Crippen molar-refractivity contribution in [2.45, 2.75) is 25.2 Å². The average molecular weight is 420 g/mol. The molecule has 7 rings (SSSR count). The summed E-state index contributed by atoms with van der Waals surface area (Å²) in [6, 6.07) is 25.4. The number of hydrogen-bond donors (Lipinski definition) is 0. The Hall–Kier alpha value is -3.64. The van der Waals surface area contributed by atoms with Crippen LogP contribution in [0.25, 0.3) is 0 Å². The number of fused-ring (bicyclic) bond motifs is 2. The molecule has 32 heavy (non-hydrogen) atoms. The molecule has 4 bridgehead atoms. The van der Waals surface area contributed by atoms with E-state index in [9.17, 15) is 9.59 Å². The Kier molecular flexibility index (Phi) is 5.15. The predicted octanol–water partition coefficient (Wildman–Crippen LogP) is 5.09. The Bertz CT molecular complexity index is 1220. The summed E-state index contributed by atoms with van der Waals surface area (Å²) in [7, 11) is 0. The van der Waals surface area contributed by atoms with Gasteiger partial charge in [-0.1, -0.05) is 67.3 Å². The summed E-state index contributed by atoms with van der Waals surface area (Å²) in [6.45, 7) is 3.31. The summed E-state index contributed by atoms with van der Waals surface area (Å²) in [5.41, 5.74) is 3.78. The zero-order valence-corrected chi connectivity index (χ0v) is 18.2. The van der Waals surface area contributed by atoms with E-state index in [0.717, 1.165) is 24.0 Å². The summed E-state index contributed by atoms with van der Waals surface area (Å²) in [6.07, 6.45) is 1.50. The molecule has 1 unspecified atom stereocenters. The van der Waals surface area contributed by atoms with Crippen LogP contribution in [0.1, 0.15) is 57.2 Å². The van der Waals surface area contributed by atoms with Crippen molar-refractivity contribution in [2.75, 3.05) is 13.1 Å². The number of carbonyl (C=O) groups excluding carboxylic acids is 2. The van der Waals surface area contributed by atoms with Gasteiger partial charge in [-0.2, -0.15) is 0 Å². The van der Waals surface area contributed by atoms with Crippen molar-refractivity contribution in [3.05, 3.63) is 107 Å². The summed E-state index contributed by atoms with van der Waals surface area (Å²) < 4.78 is 0. The van der Waals surface area contributed by atoms with Crippen molar-refractivity contribution in [2.24, 2.45) is 5.92 Å². The van der Waals surface area contributed by atoms with Gasteiger partial charge in [0.1, 0.15) is 0 Å². The molecule has 0 aliphatic carbocycles. The number of hydrogen-bond acceptors (Lipinski definition) is 2. The lowest BCUT2D eigenvalue weighted by Gasteiger charge is -2.45. The molecule has 1 amide bonds. The van der Waals surface area contributed by atoms with E-state index in [4.69, 9.17) is 0 Å². The van der Waals surface area contributed by atoms with Crippen molar-refractivity contribution >= 4 is 11.7 Å². The molecule has 3 heteroatoms. The fraction of sp³-hybridized carbons (Fsp3) is 0.241. The molecular formula is C29H25NO2. The van der Waals surface area contributed by atoms with Crippen LogP contribution in [0.5, 0.6) is 0 Å². The van der Waals surface area contributed by atoms with Crippen LogP contribution in [-0.2, 0) is 5.41 Å². The second kappa shape index (κ2) is 8.13. The molecule has 4 heterocycles. The first-order valence-electron chi connectivity index (χ1n) is 11.2. The van der Waals surface area contributed by atoms with Gasteiger partial charge in [-0.3, -0.25) is 9.59 Å². The van der Waals surface area contributed by atoms with Crippen LogP contribution in [0.4, 0.5) is 0 Å². The number of benzene rings is 3. The maximum absolute atomic E-state index is 13.9. The highest BCUT2D eigenvalue weighted by Crippen LogP contribution is 2.43. The molecule has 4 aliphatic rings. The zero-order valence-electron chi connectivity index (χ0n) is 18.2. The molecule has 3 aromatic rings. The number of amides is 1. The van der Waals surface area contributed by atoms with Crippen molar-refractivity contribution in [1.82, 2.24) is 4.90 Å². The number of rotatable bonds is 1. The Morgan fingerprint density at radius 3 is 2.19 bits per heavy atom. The average Bonchev–Trinajstić information content (AvgIpc) is 2.87. The van der Waals surface area contributed by atoms with Gasteiger partial charge in [-0.05, 0) is 48.7 Å². The molecule has 1 atom stereocenters. The van der Waals surface area contributed by atoms with Crippen LogP contribution in [0.15, 0.2) is 78.9 Å². The number of nitrogens with zero attached hydrogens (tertiary/aromatic N) is 1. The smallest absolute Gasteiger partial charge is 0.253 e. The normalized spacial score (nSPS) is 22.5. The van der Waals surface area contributed by atoms with Crippen LogP contribution in [0, 0.1) is 17.8 Å². The molecule has 1 fully saturated rings. The lowest BCUT2D eigenvalue weighted by Crippen LogP contribution is -2.49. The van der Waals surface area contributed by atoms with Crippen molar-refractivity contribution in [1.29, 1.82) is 0 Å². The lowest BCUT2D eigenvalue weighted by molar-refractivity contribution is 0.0585. The summed E-state index contributed by atoms with van der Waals surface area (Å²) >= 11 is 0. The van der Waals surface area contributed by atoms with E-state index >= 15 is 0 Å². The Morgan fingerprint density at radius 2 is 1.47 bits per heavy atom. The minimum Gasteiger partial charge on any atom is -0.339 e. The Labute approximate surface area is 189 Å². The maximum Gasteiger partial charge on any atom is 0.253 e. The van der Waals surface area contributed by atoms with Gasteiger partial charge in [0.2, 0.25) is 0 Å². The first-order valence-corrected chi connectivity index (χ1v) is 11.2. The van der Waals surface area contributed by atoms with E-state index in [2.05, 4.69) is 24.0 Å². The third-order valence-corrected chi connectivity index (χ3v) is 7.18. The predicted molar refractivity (Wildman–Crippen MR) is 126 cm³/mol. The van der Waals surface area contributed by atoms with Gasteiger partial charge < -0.3 is 4.90 Å². The molecule has 0 N–H and O–H groups in total. The van der Waals surface area contributed by atoms with Gasteiger partial charge in [0.15, 0.2) is 5.78 Å². The number of Topliss-reactive ketones (excluding diaryl/α,β-unsaturated/α-hetero) is 1. The van der Waals surface area contributed by atoms with E-state index in [0.29, 0.717) is 24.2 Å². The highest BCUT2D eigenvalue weighted by molar-refractivity contribution is 6.01. The largest absolute Gasteiger partial charge is 0.339 e. The van der Waals surface area contributed by atoms with Gasteiger partial charge in [-0.25, -0.2) is 0 Å². The van der Waals surface area contributed by atoms with E-state index < -0.39 is 0 Å². The molecule has 0 radical (unpaired) electrons. The van der Waals surface area contributed by atoms with Crippen LogP contribution in [0.3, 0.4) is 0 Å². The topological polar surface area (TPSA) is 37.4 Å². The Morgan fingerprint density at radius 1 is 0.812 bits per heavy atom. The molecule has 158 valence electrons. The molecule has 0 aromatic heterocycles. The minimum absolute atomic E-state index is 0.0447. The molecule has 1 saturated heterocycles. The number of piperidine rings is 1. The number of carbonyl (C=O) groups is 2. The van der Waals surface area contributed by atoms with Gasteiger partial charge in [-0.15, -0.1) is 0 Å².